The van der Waals surface area contributed by atoms with Gasteiger partial charge in [-0.15, -0.1) is 0 Å². The van der Waals surface area contributed by atoms with Gasteiger partial charge in [0.05, 0.1) is 18.3 Å². The van der Waals surface area contributed by atoms with Gasteiger partial charge < -0.3 is 14.6 Å². The van der Waals surface area contributed by atoms with E-state index in [1.54, 1.807) is 18.3 Å². The van der Waals surface area contributed by atoms with E-state index in [9.17, 15) is 4.79 Å². The van der Waals surface area contributed by atoms with Gasteiger partial charge in [0.15, 0.2) is 0 Å². The van der Waals surface area contributed by atoms with Crippen molar-refractivity contribution in [2.45, 2.75) is 6.92 Å². The van der Waals surface area contributed by atoms with Gasteiger partial charge in [-0.1, -0.05) is 0 Å². The maximum atomic E-state index is 11.0. The minimum Gasteiger partial charge on any atom is -0.491 e. The number of rotatable bonds is 6. The van der Waals surface area contributed by atoms with Crippen molar-refractivity contribution in [1.29, 1.82) is 0 Å². The lowest BCUT2D eigenvalue weighted by Crippen LogP contribution is -2.06. The van der Waals surface area contributed by atoms with E-state index in [0.29, 0.717) is 31.1 Å². The molecule has 6 nitrogen and oxygen atoms in total. The summed E-state index contributed by atoms with van der Waals surface area (Å²) >= 11 is 0. The lowest BCUT2D eigenvalue weighted by molar-refractivity contribution is 0.0699. The first-order valence-corrected chi connectivity index (χ1v) is 5.63. The van der Waals surface area contributed by atoms with E-state index >= 15 is 0 Å². The SMILES string of the molecule is CCOCCOc1ccn2ncc(C(=O)O)c2c1. The van der Waals surface area contributed by atoms with Crippen molar-refractivity contribution < 1.29 is 19.4 Å². The highest BCUT2D eigenvalue weighted by Crippen LogP contribution is 2.17. The third kappa shape index (κ3) is 2.60. The molecule has 18 heavy (non-hydrogen) atoms. The van der Waals surface area contributed by atoms with Gasteiger partial charge in [0.2, 0.25) is 0 Å². The Labute approximate surface area is 104 Å². The number of aromatic carboxylic acids is 1. The van der Waals surface area contributed by atoms with Crippen molar-refractivity contribution in [1.82, 2.24) is 9.61 Å². The van der Waals surface area contributed by atoms with E-state index in [1.807, 2.05) is 6.92 Å². The maximum Gasteiger partial charge on any atom is 0.339 e. The molecule has 6 heteroatoms. The second-order valence-electron chi connectivity index (χ2n) is 3.60. The summed E-state index contributed by atoms with van der Waals surface area (Å²) in [7, 11) is 0. The number of ether oxygens (including phenoxy) is 2. The molecule has 0 saturated heterocycles. The number of hydrogen-bond donors (Lipinski definition) is 1. The zero-order valence-corrected chi connectivity index (χ0v) is 10.00. The van der Waals surface area contributed by atoms with Crippen LogP contribution in [0.2, 0.25) is 0 Å². The van der Waals surface area contributed by atoms with Gasteiger partial charge in [-0.05, 0) is 13.0 Å². The summed E-state index contributed by atoms with van der Waals surface area (Å²) in [6.07, 6.45) is 2.99. The minimum atomic E-state index is -1.00. The molecule has 0 aromatic carbocycles. The molecule has 2 aromatic rings. The third-order valence-electron chi connectivity index (χ3n) is 2.42. The van der Waals surface area contributed by atoms with Crippen LogP contribution in [0.1, 0.15) is 17.3 Å². The average molecular weight is 250 g/mol. The number of pyridine rings is 1. The van der Waals surface area contributed by atoms with Crippen LogP contribution < -0.4 is 4.74 Å². The van der Waals surface area contributed by atoms with Gasteiger partial charge in [-0.3, -0.25) is 0 Å². The van der Waals surface area contributed by atoms with Crippen LogP contribution in [-0.2, 0) is 4.74 Å². The van der Waals surface area contributed by atoms with Crippen molar-refractivity contribution in [3.63, 3.8) is 0 Å². The molecule has 0 fully saturated rings. The van der Waals surface area contributed by atoms with Crippen LogP contribution in [0.15, 0.2) is 24.5 Å². The summed E-state index contributed by atoms with van der Waals surface area (Å²) in [6.45, 7) is 3.50. The molecule has 0 bridgehead atoms. The van der Waals surface area contributed by atoms with Gasteiger partial charge in [0.1, 0.15) is 17.9 Å². The van der Waals surface area contributed by atoms with Crippen molar-refractivity contribution in [3.8, 4) is 5.75 Å². The number of carboxylic acid groups (broad SMARTS) is 1. The van der Waals surface area contributed by atoms with E-state index in [-0.39, 0.29) is 5.56 Å². The highest BCUT2D eigenvalue weighted by atomic mass is 16.5. The first kappa shape index (κ1) is 12.4. The van der Waals surface area contributed by atoms with Crippen LogP contribution in [0, 0.1) is 0 Å². The van der Waals surface area contributed by atoms with E-state index < -0.39 is 5.97 Å². The smallest absolute Gasteiger partial charge is 0.339 e. The van der Waals surface area contributed by atoms with Crippen LogP contribution >= 0.6 is 0 Å². The standard InChI is InChI=1S/C12H14N2O4/c1-2-17-5-6-18-9-3-4-14-11(7-9)10(8-13-14)12(15)16/h3-4,7-8H,2,5-6H2,1H3,(H,15,16). The Morgan fingerprint density at radius 3 is 3.06 bits per heavy atom. The van der Waals surface area contributed by atoms with Crippen molar-refractivity contribution in [2.75, 3.05) is 19.8 Å². The number of carboxylic acids is 1. The van der Waals surface area contributed by atoms with Gasteiger partial charge in [0.25, 0.3) is 0 Å². The molecule has 96 valence electrons. The quantitative estimate of drug-likeness (QED) is 0.785. The summed E-state index contributed by atoms with van der Waals surface area (Å²) in [5, 5.41) is 12.9. The Morgan fingerprint density at radius 1 is 1.50 bits per heavy atom. The summed E-state index contributed by atoms with van der Waals surface area (Å²) < 4.78 is 12.1. The molecule has 0 spiro atoms. The number of nitrogens with zero attached hydrogens (tertiary/aromatic N) is 2. The number of hydrogen-bond acceptors (Lipinski definition) is 4. The molecular formula is C12H14N2O4. The van der Waals surface area contributed by atoms with Crippen LogP contribution in [-0.4, -0.2) is 40.5 Å². The minimum absolute atomic E-state index is 0.158. The molecule has 0 aliphatic heterocycles. The molecule has 1 N–H and O–H groups in total. The number of fused-ring (bicyclic) bond motifs is 1. The van der Waals surface area contributed by atoms with Gasteiger partial charge in [-0.25, -0.2) is 9.31 Å². The summed E-state index contributed by atoms with van der Waals surface area (Å²) in [4.78, 5) is 11.0. The summed E-state index contributed by atoms with van der Waals surface area (Å²) in [5.41, 5.74) is 0.668. The lowest BCUT2D eigenvalue weighted by Gasteiger charge is -2.06. The predicted molar refractivity (Wildman–Crippen MR) is 64.1 cm³/mol. The Balaban J connectivity index is 2.15. The zero-order valence-electron chi connectivity index (χ0n) is 10.00. The highest BCUT2D eigenvalue weighted by Gasteiger charge is 2.11. The fourth-order valence-electron chi connectivity index (χ4n) is 1.58. The fraction of sp³-hybridized carbons (Fsp3) is 0.333. The molecule has 2 rings (SSSR count). The normalized spacial score (nSPS) is 10.7. The van der Waals surface area contributed by atoms with Crippen LogP contribution in [0.25, 0.3) is 5.52 Å². The fourth-order valence-corrected chi connectivity index (χ4v) is 1.58. The number of carbonyl (C=O) groups is 1. The third-order valence-corrected chi connectivity index (χ3v) is 2.42. The Morgan fingerprint density at radius 2 is 2.33 bits per heavy atom. The molecule has 0 unspecified atom stereocenters. The molecule has 0 atom stereocenters. The molecular weight excluding hydrogens is 236 g/mol. The van der Waals surface area contributed by atoms with Crippen LogP contribution in [0.3, 0.4) is 0 Å². The van der Waals surface area contributed by atoms with E-state index in [0.717, 1.165) is 0 Å². The maximum absolute atomic E-state index is 11.0. The van der Waals surface area contributed by atoms with E-state index in [1.165, 1.54) is 10.7 Å². The van der Waals surface area contributed by atoms with E-state index in [4.69, 9.17) is 14.6 Å². The highest BCUT2D eigenvalue weighted by molar-refractivity contribution is 5.95. The van der Waals surface area contributed by atoms with Gasteiger partial charge in [0, 0.05) is 18.9 Å². The zero-order chi connectivity index (χ0) is 13.0. The molecule has 2 heterocycles. The molecule has 0 radical (unpaired) electrons. The van der Waals surface area contributed by atoms with Crippen molar-refractivity contribution in [3.05, 3.63) is 30.1 Å². The van der Waals surface area contributed by atoms with Crippen molar-refractivity contribution >= 4 is 11.5 Å². The largest absolute Gasteiger partial charge is 0.491 e. The lowest BCUT2D eigenvalue weighted by atomic mass is 10.2. The topological polar surface area (TPSA) is 73.1 Å². The Hall–Kier alpha value is -2.08. The second kappa shape index (κ2) is 5.50. The van der Waals surface area contributed by atoms with Crippen LogP contribution in [0.4, 0.5) is 0 Å². The monoisotopic (exact) mass is 250 g/mol. The Kier molecular flexibility index (Phi) is 3.78. The van der Waals surface area contributed by atoms with Gasteiger partial charge in [-0.2, -0.15) is 5.10 Å². The molecule has 0 aliphatic rings. The van der Waals surface area contributed by atoms with Crippen molar-refractivity contribution in [2.24, 2.45) is 0 Å². The van der Waals surface area contributed by atoms with Crippen LogP contribution in [0.5, 0.6) is 5.75 Å². The first-order valence-electron chi connectivity index (χ1n) is 5.63. The average Bonchev–Trinajstić information content (AvgIpc) is 2.77. The molecule has 0 aliphatic carbocycles. The molecule has 0 saturated carbocycles. The molecule has 0 amide bonds. The summed E-state index contributed by atoms with van der Waals surface area (Å²) in [6, 6.07) is 3.39. The molecule has 2 aromatic heterocycles. The number of aromatic nitrogens is 2. The second-order valence-corrected chi connectivity index (χ2v) is 3.60. The summed E-state index contributed by atoms with van der Waals surface area (Å²) in [5.74, 6) is -0.401. The van der Waals surface area contributed by atoms with E-state index in [2.05, 4.69) is 5.10 Å². The predicted octanol–water partition coefficient (Wildman–Crippen LogP) is 1.45. The van der Waals surface area contributed by atoms with Gasteiger partial charge >= 0.3 is 5.97 Å². The Bertz CT molecular complexity index is 550. The first-order chi connectivity index (χ1) is 8.72.